The van der Waals surface area contributed by atoms with E-state index in [2.05, 4.69) is 10.3 Å². The van der Waals surface area contributed by atoms with Crippen molar-refractivity contribution >= 4 is 17.5 Å². The number of pyridine rings is 1. The number of nitrogens with zero attached hydrogens (tertiary/aromatic N) is 2. The number of halogens is 3. The number of hydrogen-bond donors (Lipinski definition) is 3. The molecule has 29 heavy (non-hydrogen) atoms. The lowest BCUT2D eigenvalue weighted by Crippen LogP contribution is -2.72. The maximum atomic E-state index is 13.8. The molecule has 2 heterocycles. The van der Waals surface area contributed by atoms with Crippen LogP contribution in [0.2, 0.25) is 0 Å². The molecule has 1 aromatic carbocycles. The number of aromatic nitrogens is 1. The third kappa shape index (κ3) is 3.49. The minimum atomic E-state index is -5.46. The Hall–Kier alpha value is -3.54. The summed E-state index contributed by atoms with van der Waals surface area (Å²) in [6.45, 7) is 0. The number of aliphatic hydroxyl groups is 1. The number of carbonyl (C=O) groups is 2. The van der Waals surface area contributed by atoms with Gasteiger partial charge in [-0.3, -0.25) is 19.9 Å². The molecule has 0 saturated carbocycles. The summed E-state index contributed by atoms with van der Waals surface area (Å²) >= 11 is 0. The van der Waals surface area contributed by atoms with Crippen molar-refractivity contribution < 1.29 is 32.8 Å². The number of nitrogens with one attached hydrogen (secondary N) is 2. The summed E-state index contributed by atoms with van der Waals surface area (Å²) < 4.78 is 41.3. The minimum absolute atomic E-state index is 0.276. The van der Waals surface area contributed by atoms with Gasteiger partial charge in [0.15, 0.2) is 5.78 Å². The van der Waals surface area contributed by atoms with Crippen molar-refractivity contribution in [2.45, 2.75) is 17.9 Å². The molecular weight excluding hydrogens is 397 g/mol. The second kappa shape index (κ2) is 7.13. The molecule has 2 aromatic rings. The minimum Gasteiger partial charge on any atom is -0.363 e. The number of benzene rings is 1. The summed E-state index contributed by atoms with van der Waals surface area (Å²) in [5.41, 5.74) is -5.23. The van der Waals surface area contributed by atoms with Crippen LogP contribution in [0.15, 0.2) is 48.8 Å². The highest BCUT2D eigenvalue weighted by atomic mass is 19.4. The van der Waals surface area contributed by atoms with Crippen LogP contribution in [0.1, 0.15) is 22.0 Å². The van der Waals surface area contributed by atoms with Crippen molar-refractivity contribution in [1.82, 2.24) is 15.6 Å². The van der Waals surface area contributed by atoms with Crippen LogP contribution >= 0.6 is 0 Å². The monoisotopic (exact) mass is 410 g/mol. The van der Waals surface area contributed by atoms with Gasteiger partial charge in [-0.25, -0.2) is 4.79 Å². The van der Waals surface area contributed by atoms with Crippen molar-refractivity contribution in [3.05, 3.63) is 70.0 Å². The predicted molar refractivity (Wildman–Crippen MR) is 90.6 cm³/mol. The summed E-state index contributed by atoms with van der Waals surface area (Å²) in [5, 5.41) is 25.2. The van der Waals surface area contributed by atoms with Crippen LogP contribution in [0.5, 0.6) is 0 Å². The van der Waals surface area contributed by atoms with Crippen molar-refractivity contribution in [3.8, 4) is 0 Å². The maximum absolute atomic E-state index is 13.8. The van der Waals surface area contributed by atoms with E-state index < -0.39 is 46.3 Å². The van der Waals surface area contributed by atoms with Crippen LogP contribution < -0.4 is 10.6 Å². The molecule has 3 unspecified atom stereocenters. The van der Waals surface area contributed by atoms with Crippen LogP contribution in [0.25, 0.3) is 0 Å². The van der Waals surface area contributed by atoms with Gasteiger partial charge in [0.25, 0.3) is 5.69 Å². The lowest BCUT2D eigenvalue weighted by molar-refractivity contribution is -0.386. The van der Waals surface area contributed by atoms with Crippen LogP contribution in [0, 0.1) is 16.0 Å². The maximum Gasteiger partial charge on any atom is 0.437 e. The van der Waals surface area contributed by atoms with E-state index in [-0.39, 0.29) is 11.1 Å². The number of rotatable bonds is 4. The zero-order valence-corrected chi connectivity index (χ0v) is 14.4. The molecule has 0 bridgehead atoms. The molecule has 2 amide bonds. The Labute approximate surface area is 160 Å². The van der Waals surface area contributed by atoms with Crippen LogP contribution in [-0.4, -0.2) is 38.7 Å². The smallest absolute Gasteiger partial charge is 0.363 e. The number of nitro groups is 1. The summed E-state index contributed by atoms with van der Waals surface area (Å²) in [6, 6.07) is 3.89. The molecule has 3 N–H and O–H groups in total. The summed E-state index contributed by atoms with van der Waals surface area (Å²) in [4.78, 5) is 39.0. The van der Waals surface area contributed by atoms with Crippen LogP contribution in [0.4, 0.5) is 23.7 Å². The predicted octanol–water partition coefficient (Wildman–Crippen LogP) is 2.09. The van der Waals surface area contributed by atoms with E-state index in [1.807, 2.05) is 0 Å². The summed E-state index contributed by atoms with van der Waals surface area (Å²) in [7, 11) is 0. The number of carbonyl (C=O) groups excluding carboxylic acids is 2. The van der Waals surface area contributed by atoms with E-state index in [1.165, 1.54) is 35.8 Å². The molecule has 1 fully saturated rings. The third-order valence-electron chi connectivity index (χ3n) is 4.50. The van der Waals surface area contributed by atoms with Gasteiger partial charge < -0.3 is 15.7 Å². The molecule has 1 aromatic heterocycles. The fraction of sp³-hybridized carbons (Fsp3) is 0.235. The van der Waals surface area contributed by atoms with Crippen molar-refractivity contribution in [2.75, 3.05) is 0 Å². The first kappa shape index (κ1) is 20.2. The number of amides is 2. The average Bonchev–Trinajstić information content (AvgIpc) is 2.66. The van der Waals surface area contributed by atoms with Crippen molar-refractivity contribution in [1.29, 1.82) is 0 Å². The fourth-order valence-electron chi connectivity index (χ4n) is 3.20. The Bertz CT molecular complexity index is 969. The SMILES string of the molecule is O=C1NC(c2ccccc2[N+](=O)[O-])C(C(=O)c2cccnc2)C(O)(C(F)(F)F)N1. The van der Waals surface area contributed by atoms with E-state index in [9.17, 15) is 38.0 Å². The van der Waals surface area contributed by atoms with Gasteiger partial charge in [0.1, 0.15) is 5.92 Å². The van der Waals surface area contributed by atoms with Crippen molar-refractivity contribution in [3.63, 3.8) is 0 Å². The Kier molecular flexibility index (Phi) is 4.96. The molecule has 1 saturated heterocycles. The summed E-state index contributed by atoms with van der Waals surface area (Å²) in [5.74, 6) is -3.58. The highest BCUT2D eigenvalue weighted by Gasteiger charge is 2.66. The van der Waals surface area contributed by atoms with E-state index in [0.29, 0.717) is 0 Å². The van der Waals surface area contributed by atoms with Gasteiger partial charge >= 0.3 is 12.2 Å². The zero-order chi connectivity index (χ0) is 21.4. The average molecular weight is 410 g/mol. The molecule has 12 heteroatoms. The van der Waals surface area contributed by atoms with Crippen molar-refractivity contribution in [2.24, 2.45) is 5.92 Å². The lowest BCUT2D eigenvalue weighted by atomic mass is 9.77. The molecule has 152 valence electrons. The van der Waals surface area contributed by atoms with Gasteiger partial charge in [-0.2, -0.15) is 13.2 Å². The first-order valence-electron chi connectivity index (χ1n) is 8.11. The van der Waals surface area contributed by atoms with Crippen LogP contribution in [0.3, 0.4) is 0 Å². The first-order chi connectivity index (χ1) is 13.6. The number of ketones is 1. The van der Waals surface area contributed by atoms with E-state index >= 15 is 0 Å². The largest absolute Gasteiger partial charge is 0.437 e. The van der Waals surface area contributed by atoms with E-state index in [4.69, 9.17) is 0 Å². The van der Waals surface area contributed by atoms with E-state index in [0.717, 1.165) is 18.3 Å². The molecule has 9 nitrogen and oxygen atoms in total. The van der Waals surface area contributed by atoms with Gasteiger partial charge in [0.2, 0.25) is 5.72 Å². The third-order valence-corrected chi connectivity index (χ3v) is 4.50. The Balaban J connectivity index is 2.23. The molecule has 0 aliphatic carbocycles. The molecule has 1 aliphatic rings. The molecule has 3 rings (SSSR count). The van der Waals surface area contributed by atoms with Gasteiger partial charge in [0, 0.05) is 24.0 Å². The molecule has 3 atom stereocenters. The number of alkyl halides is 3. The number of urea groups is 1. The van der Waals surface area contributed by atoms with E-state index in [1.54, 1.807) is 0 Å². The van der Waals surface area contributed by atoms with Gasteiger partial charge in [0.05, 0.1) is 16.5 Å². The van der Waals surface area contributed by atoms with Gasteiger partial charge in [-0.05, 0) is 12.1 Å². The highest BCUT2D eigenvalue weighted by molar-refractivity contribution is 6.00. The Morgan fingerprint density at radius 1 is 1.24 bits per heavy atom. The normalized spacial score (nSPS) is 24.3. The highest BCUT2D eigenvalue weighted by Crippen LogP contribution is 2.45. The quantitative estimate of drug-likeness (QED) is 0.401. The molecule has 1 aliphatic heterocycles. The lowest BCUT2D eigenvalue weighted by Gasteiger charge is -2.44. The Morgan fingerprint density at radius 2 is 1.93 bits per heavy atom. The first-order valence-corrected chi connectivity index (χ1v) is 8.11. The van der Waals surface area contributed by atoms with Gasteiger partial charge in [-0.15, -0.1) is 0 Å². The second-order valence-electron chi connectivity index (χ2n) is 6.24. The number of para-hydroxylation sites is 1. The van der Waals surface area contributed by atoms with Crippen LogP contribution in [-0.2, 0) is 0 Å². The summed E-state index contributed by atoms with van der Waals surface area (Å²) in [6.07, 6.45) is -3.19. The van der Waals surface area contributed by atoms with Gasteiger partial charge in [-0.1, -0.05) is 18.2 Å². The topological polar surface area (TPSA) is 134 Å². The number of nitro benzene ring substituents is 1. The standard InChI is InChI=1S/C17H13F3N4O5/c18-17(19,20)16(27)12(14(25)9-4-3-7-21-8-9)13(22-15(26)23-16)10-5-1-2-6-11(10)24(28)29/h1-8,12-13,27H,(H2,22,23,26). The Morgan fingerprint density at radius 3 is 2.52 bits per heavy atom. The zero-order valence-electron chi connectivity index (χ0n) is 14.4. The molecule has 0 radical (unpaired) electrons. The number of hydrogen-bond acceptors (Lipinski definition) is 6. The fourth-order valence-corrected chi connectivity index (χ4v) is 3.20. The molecular formula is C17H13F3N4O5. The number of Topliss-reactive ketones (excluding diaryl/α,β-unsaturated/α-hetero) is 1. The second-order valence-corrected chi connectivity index (χ2v) is 6.24. The molecule has 0 spiro atoms.